The third-order valence-corrected chi connectivity index (χ3v) is 5.81. The molecule has 1 aromatic carbocycles. The first-order valence-corrected chi connectivity index (χ1v) is 13.3. The number of rotatable bonds is 7. The van der Waals surface area contributed by atoms with E-state index < -0.39 is 20.3 Å². The summed E-state index contributed by atoms with van der Waals surface area (Å²) in [7, 11) is -0.235. The molecule has 0 radical (unpaired) electrons. The Morgan fingerprint density at radius 3 is 2.25 bits per heavy atom. The highest BCUT2D eigenvalue weighted by atomic mass is 28.4. The number of hydrogen-bond acceptors (Lipinski definition) is 5. The van der Waals surface area contributed by atoms with Gasteiger partial charge in [-0.15, -0.1) is 0 Å². The zero-order chi connectivity index (χ0) is 21.2. The average molecular weight is 414 g/mol. The second-order valence-corrected chi connectivity index (χ2v) is 13.9. The maximum Gasteiger partial charge on any atom is 0.218 e. The second-order valence-electron chi connectivity index (χ2n) is 9.48. The van der Waals surface area contributed by atoms with Crippen molar-refractivity contribution in [2.24, 2.45) is 0 Å². The molecule has 1 aliphatic rings. The van der Waals surface area contributed by atoms with Gasteiger partial charge >= 0.3 is 0 Å². The van der Waals surface area contributed by atoms with Crippen molar-refractivity contribution in [1.29, 1.82) is 0 Å². The zero-order valence-corrected chi connectivity index (χ0v) is 19.3. The summed E-state index contributed by atoms with van der Waals surface area (Å²) in [6.45, 7) is 13.6. The van der Waals surface area contributed by atoms with Gasteiger partial charge in [0, 0.05) is 25.8 Å². The number of hydrogen-bond donors (Lipinski definition) is 1. The zero-order valence-electron chi connectivity index (χ0n) is 18.3. The summed E-state index contributed by atoms with van der Waals surface area (Å²) in [5.41, 5.74) is 0.306. The standard InChI is InChI=1S/C21H36FNO4Si/c1-20(2,3)26-19(25-4)23-12-10-21(11-13-23,27-28(5,6)7)17-9-8-16(15-24)18(22)14-17/h8-9,14,19,24H,10-13,15H2,1-7H3. The van der Waals surface area contributed by atoms with Crippen LogP contribution in [0.15, 0.2) is 18.2 Å². The monoisotopic (exact) mass is 413 g/mol. The van der Waals surface area contributed by atoms with Gasteiger partial charge in [-0.2, -0.15) is 0 Å². The molecule has 0 saturated carbocycles. The predicted molar refractivity (Wildman–Crippen MR) is 111 cm³/mol. The number of halogens is 1. The summed E-state index contributed by atoms with van der Waals surface area (Å²) < 4.78 is 32.7. The van der Waals surface area contributed by atoms with Gasteiger partial charge in [0.1, 0.15) is 5.82 Å². The Bertz CT molecular complexity index is 649. The van der Waals surface area contributed by atoms with Crippen LogP contribution in [0.3, 0.4) is 0 Å². The van der Waals surface area contributed by atoms with Crippen molar-refractivity contribution in [3.8, 4) is 0 Å². The molecule has 7 heteroatoms. The van der Waals surface area contributed by atoms with Crippen molar-refractivity contribution >= 4 is 8.32 Å². The number of methoxy groups -OCH3 is 1. The highest BCUT2D eigenvalue weighted by molar-refractivity contribution is 6.69. The Kier molecular flexibility index (Phi) is 7.45. The molecule has 0 spiro atoms. The van der Waals surface area contributed by atoms with Crippen LogP contribution in [0.1, 0.15) is 44.7 Å². The number of nitrogens with zero attached hydrogens (tertiary/aromatic N) is 1. The minimum atomic E-state index is -1.89. The van der Waals surface area contributed by atoms with Crippen LogP contribution in [0, 0.1) is 5.82 Å². The highest BCUT2D eigenvalue weighted by Gasteiger charge is 2.42. The van der Waals surface area contributed by atoms with Crippen LogP contribution in [-0.4, -0.2) is 50.5 Å². The lowest BCUT2D eigenvalue weighted by molar-refractivity contribution is -0.261. The van der Waals surface area contributed by atoms with E-state index >= 15 is 0 Å². The molecule has 160 valence electrons. The van der Waals surface area contributed by atoms with E-state index in [9.17, 15) is 9.50 Å². The molecule has 5 nitrogen and oxygen atoms in total. The number of benzene rings is 1. The number of aliphatic hydroxyl groups is 1. The predicted octanol–water partition coefficient (Wildman–Crippen LogP) is 4.21. The molecule has 1 aliphatic heterocycles. The fourth-order valence-corrected chi connectivity index (χ4v) is 5.16. The van der Waals surface area contributed by atoms with Crippen molar-refractivity contribution in [2.75, 3.05) is 20.2 Å². The first-order valence-electron chi connectivity index (χ1n) is 9.94. The molecule has 0 bridgehead atoms. The molecule has 28 heavy (non-hydrogen) atoms. The Morgan fingerprint density at radius 1 is 1.21 bits per heavy atom. The van der Waals surface area contributed by atoms with Gasteiger partial charge in [0.15, 0.2) is 8.32 Å². The molecule has 0 aliphatic carbocycles. The number of likely N-dealkylation sites (tertiary alicyclic amines) is 1. The van der Waals surface area contributed by atoms with Crippen LogP contribution >= 0.6 is 0 Å². The van der Waals surface area contributed by atoms with Crippen LogP contribution in [0.25, 0.3) is 0 Å². The molecule has 2 rings (SSSR count). The first-order chi connectivity index (χ1) is 12.9. The number of piperidine rings is 1. The van der Waals surface area contributed by atoms with E-state index in [1.807, 2.05) is 26.8 Å². The highest BCUT2D eigenvalue weighted by Crippen LogP contribution is 2.40. The molecule has 0 aromatic heterocycles. The van der Waals surface area contributed by atoms with Crippen LogP contribution in [-0.2, 0) is 26.1 Å². The molecule has 1 heterocycles. The SMILES string of the molecule is COC(OC(C)(C)C)N1CCC(O[Si](C)(C)C)(c2ccc(CO)c(F)c2)CC1. The summed E-state index contributed by atoms with van der Waals surface area (Å²) in [5, 5.41) is 9.29. The minimum absolute atomic E-state index is 0.304. The maximum atomic E-state index is 14.4. The van der Waals surface area contributed by atoms with Gasteiger partial charge < -0.3 is 19.0 Å². The van der Waals surface area contributed by atoms with Crippen molar-refractivity contribution in [1.82, 2.24) is 4.90 Å². The lowest BCUT2D eigenvalue weighted by Crippen LogP contribution is -2.53. The average Bonchev–Trinajstić information content (AvgIpc) is 2.58. The summed E-state index contributed by atoms with van der Waals surface area (Å²) in [5.74, 6) is -0.383. The van der Waals surface area contributed by atoms with Gasteiger partial charge in [0.25, 0.3) is 0 Å². The first kappa shape index (κ1) is 23.4. The fraction of sp³-hybridized carbons (Fsp3) is 0.714. The lowest BCUT2D eigenvalue weighted by atomic mass is 9.84. The summed E-state index contributed by atoms with van der Waals surface area (Å²) >= 11 is 0. The Labute approximate surface area is 169 Å². The molecule has 1 saturated heterocycles. The molecule has 1 unspecified atom stereocenters. The number of ether oxygens (including phenoxy) is 2. The van der Waals surface area contributed by atoms with Crippen molar-refractivity contribution < 1.29 is 23.4 Å². The summed E-state index contributed by atoms with van der Waals surface area (Å²) in [4.78, 5) is 2.16. The topological polar surface area (TPSA) is 51.2 Å². The van der Waals surface area contributed by atoms with E-state index in [2.05, 4.69) is 24.5 Å². The normalized spacial score (nSPS) is 19.6. The van der Waals surface area contributed by atoms with Gasteiger partial charge in [0.05, 0.1) is 17.8 Å². The Balaban J connectivity index is 2.26. The van der Waals surface area contributed by atoms with Gasteiger partial charge in [0.2, 0.25) is 6.41 Å². The Hall–Kier alpha value is -0.833. The fourth-order valence-electron chi connectivity index (χ4n) is 3.66. The second kappa shape index (κ2) is 8.89. The summed E-state index contributed by atoms with van der Waals surface area (Å²) in [6, 6.07) is 5.08. The van der Waals surface area contributed by atoms with E-state index in [1.54, 1.807) is 13.2 Å². The van der Waals surface area contributed by atoms with E-state index in [4.69, 9.17) is 13.9 Å². The van der Waals surface area contributed by atoms with Gasteiger partial charge in [-0.05, 0) is 64.9 Å². The van der Waals surface area contributed by atoms with E-state index in [0.717, 1.165) is 31.5 Å². The molecular weight excluding hydrogens is 377 g/mol. The summed E-state index contributed by atoms with van der Waals surface area (Å²) in [6.07, 6.45) is 1.03. The van der Waals surface area contributed by atoms with E-state index in [0.29, 0.717) is 5.56 Å². The molecular formula is C21H36FNO4Si. The van der Waals surface area contributed by atoms with Crippen molar-refractivity contribution in [2.45, 2.75) is 77.5 Å². The maximum absolute atomic E-state index is 14.4. The third-order valence-electron chi connectivity index (χ3n) is 4.81. The van der Waals surface area contributed by atoms with Crippen molar-refractivity contribution in [3.05, 3.63) is 35.1 Å². The Morgan fingerprint density at radius 2 is 1.82 bits per heavy atom. The smallest absolute Gasteiger partial charge is 0.218 e. The van der Waals surface area contributed by atoms with Crippen LogP contribution in [0.2, 0.25) is 19.6 Å². The molecule has 1 atom stereocenters. The molecule has 1 fully saturated rings. The largest absolute Gasteiger partial charge is 0.408 e. The minimum Gasteiger partial charge on any atom is -0.408 e. The molecule has 1 N–H and O–H groups in total. The molecule has 0 amide bonds. The number of aliphatic hydroxyl groups excluding tert-OH is 1. The third kappa shape index (κ3) is 6.08. The quantitative estimate of drug-likeness (QED) is 0.536. The van der Waals surface area contributed by atoms with Gasteiger partial charge in [-0.25, -0.2) is 4.39 Å². The van der Waals surface area contributed by atoms with Crippen LogP contribution in [0.5, 0.6) is 0 Å². The van der Waals surface area contributed by atoms with Gasteiger partial charge in [-0.1, -0.05) is 12.1 Å². The van der Waals surface area contributed by atoms with E-state index in [1.165, 1.54) is 6.07 Å². The van der Waals surface area contributed by atoms with Crippen LogP contribution < -0.4 is 0 Å². The van der Waals surface area contributed by atoms with E-state index in [-0.39, 0.29) is 18.0 Å². The van der Waals surface area contributed by atoms with Crippen LogP contribution in [0.4, 0.5) is 4.39 Å². The molecule has 1 aromatic rings. The lowest BCUT2D eigenvalue weighted by Gasteiger charge is -2.47. The van der Waals surface area contributed by atoms with Crippen molar-refractivity contribution in [3.63, 3.8) is 0 Å². The van der Waals surface area contributed by atoms with Gasteiger partial charge in [-0.3, -0.25) is 4.90 Å².